The smallest absolute Gasteiger partial charge is 0.384 e. The Kier molecular flexibility index (Phi) is 2.45. The van der Waals surface area contributed by atoms with Crippen LogP contribution < -0.4 is 11.3 Å². The first kappa shape index (κ1) is 11.3. The predicted octanol–water partition coefficient (Wildman–Crippen LogP) is 1.77. The fourth-order valence-corrected chi connectivity index (χ4v) is 1.41. The Hall–Kier alpha value is -2.18. The summed E-state index contributed by atoms with van der Waals surface area (Å²) in [7, 11) is 0. The molecule has 0 atom stereocenters. The minimum absolute atomic E-state index is 0.148. The largest absolute Gasteiger partial charge is 0.416 e. The Morgan fingerprint density at radius 2 is 1.76 bits per heavy atom. The van der Waals surface area contributed by atoms with Crippen molar-refractivity contribution in [1.29, 1.82) is 0 Å². The van der Waals surface area contributed by atoms with Gasteiger partial charge in [0.1, 0.15) is 5.82 Å². The summed E-state index contributed by atoms with van der Waals surface area (Å²) in [6.07, 6.45) is -4.39. The average Bonchev–Trinajstić information content (AvgIpc) is 2.57. The molecular weight excluding hydrogens is 235 g/mol. The Balaban J connectivity index is 2.43. The van der Waals surface area contributed by atoms with E-state index in [2.05, 4.69) is 5.10 Å². The minimum atomic E-state index is -4.39. The lowest BCUT2D eigenvalue weighted by molar-refractivity contribution is -0.137. The van der Waals surface area contributed by atoms with E-state index in [-0.39, 0.29) is 5.82 Å². The van der Waals surface area contributed by atoms with Gasteiger partial charge in [-0.3, -0.25) is 9.89 Å². The first-order valence-electron chi connectivity index (χ1n) is 4.63. The number of halogens is 3. The molecule has 0 amide bonds. The van der Waals surface area contributed by atoms with Crippen molar-refractivity contribution < 1.29 is 13.2 Å². The van der Waals surface area contributed by atoms with E-state index in [0.29, 0.717) is 5.69 Å². The zero-order valence-corrected chi connectivity index (χ0v) is 8.45. The summed E-state index contributed by atoms with van der Waals surface area (Å²) < 4.78 is 38.0. The number of nitrogen functional groups attached to an aromatic ring is 1. The van der Waals surface area contributed by atoms with E-state index < -0.39 is 17.3 Å². The lowest BCUT2D eigenvalue weighted by Crippen LogP contribution is -2.14. The van der Waals surface area contributed by atoms with E-state index >= 15 is 0 Å². The number of anilines is 1. The molecule has 0 bridgehead atoms. The van der Waals surface area contributed by atoms with E-state index in [1.54, 1.807) is 0 Å². The highest BCUT2D eigenvalue weighted by atomic mass is 19.4. The molecule has 0 aliphatic heterocycles. The Morgan fingerprint density at radius 3 is 2.18 bits per heavy atom. The van der Waals surface area contributed by atoms with Gasteiger partial charge >= 0.3 is 6.18 Å². The van der Waals surface area contributed by atoms with Gasteiger partial charge in [-0.1, -0.05) is 0 Å². The van der Waals surface area contributed by atoms with Gasteiger partial charge in [-0.2, -0.15) is 13.2 Å². The molecule has 7 heteroatoms. The highest BCUT2D eigenvalue weighted by Gasteiger charge is 2.30. The Bertz CT molecular complexity index is 580. The second kappa shape index (κ2) is 3.69. The fraction of sp³-hybridized carbons (Fsp3) is 0.100. The van der Waals surface area contributed by atoms with Gasteiger partial charge in [0.2, 0.25) is 0 Å². The monoisotopic (exact) mass is 243 g/mol. The molecular formula is C10H8F3N3O. The molecule has 2 aromatic rings. The van der Waals surface area contributed by atoms with Crippen molar-refractivity contribution in [2.45, 2.75) is 6.18 Å². The van der Waals surface area contributed by atoms with Gasteiger partial charge < -0.3 is 5.73 Å². The first-order valence-corrected chi connectivity index (χ1v) is 4.63. The molecule has 0 aliphatic rings. The van der Waals surface area contributed by atoms with Crippen molar-refractivity contribution in [1.82, 2.24) is 9.78 Å². The maximum absolute atomic E-state index is 12.3. The second-order valence-electron chi connectivity index (χ2n) is 3.43. The summed E-state index contributed by atoms with van der Waals surface area (Å²) >= 11 is 0. The topological polar surface area (TPSA) is 63.8 Å². The van der Waals surface area contributed by atoms with Crippen LogP contribution in [-0.4, -0.2) is 9.78 Å². The molecule has 0 spiro atoms. The molecule has 0 aliphatic carbocycles. The van der Waals surface area contributed by atoms with E-state index in [0.717, 1.165) is 22.9 Å². The van der Waals surface area contributed by atoms with Crippen LogP contribution >= 0.6 is 0 Å². The fourth-order valence-electron chi connectivity index (χ4n) is 1.41. The quantitative estimate of drug-likeness (QED) is 0.801. The molecule has 2 rings (SSSR count). The van der Waals surface area contributed by atoms with Crippen LogP contribution in [0.15, 0.2) is 35.1 Å². The standard InChI is InChI=1S/C10H8F3N3O/c11-10(12,13)6-1-3-7(4-2-6)16-9(17)5-8(14)15-16/h1-5,15H,14H2. The molecule has 1 aromatic carbocycles. The zero-order chi connectivity index (χ0) is 12.6. The van der Waals surface area contributed by atoms with E-state index in [9.17, 15) is 18.0 Å². The molecule has 17 heavy (non-hydrogen) atoms. The highest BCUT2D eigenvalue weighted by Crippen LogP contribution is 2.29. The third-order valence-electron chi connectivity index (χ3n) is 2.19. The zero-order valence-electron chi connectivity index (χ0n) is 8.45. The van der Waals surface area contributed by atoms with Crippen LogP contribution in [0.1, 0.15) is 5.56 Å². The first-order chi connectivity index (χ1) is 7.88. The molecule has 3 N–H and O–H groups in total. The van der Waals surface area contributed by atoms with Crippen LogP contribution in [0.25, 0.3) is 5.69 Å². The maximum atomic E-state index is 12.3. The number of aromatic nitrogens is 2. The number of alkyl halides is 3. The lowest BCUT2D eigenvalue weighted by Gasteiger charge is -2.07. The molecule has 4 nitrogen and oxygen atoms in total. The van der Waals surface area contributed by atoms with Gasteiger partial charge in [0.25, 0.3) is 5.56 Å². The van der Waals surface area contributed by atoms with Crippen LogP contribution in [0.4, 0.5) is 19.0 Å². The number of nitrogens with two attached hydrogens (primary N) is 1. The molecule has 0 unspecified atom stereocenters. The predicted molar refractivity (Wildman–Crippen MR) is 55.8 cm³/mol. The van der Waals surface area contributed by atoms with E-state index in [1.807, 2.05) is 0 Å². The highest BCUT2D eigenvalue weighted by molar-refractivity contribution is 5.37. The molecule has 0 saturated carbocycles. The summed E-state index contributed by atoms with van der Waals surface area (Å²) in [6, 6.07) is 5.34. The molecule has 0 radical (unpaired) electrons. The molecule has 0 saturated heterocycles. The summed E-state index contributed by atoms with van der Waals surface area (Å²) in [4.78, 5) is 11.4. The van der Waals surface area contributed by atoms with Crippen LogP contribution in [0.5, 0.6) is 0 Å². The van der Waals surface area contributed by atoms with Crippen molar-refractivity contribution in [2.24, 2.45) is 0 Å². The number of H-pyrrole nitrogens is 1. The summed E-state index contributed by atoms with van der Waals surface area (Å²) in [5.41, 5.74) is 4.45. The third-order valence-corrected chi connectivity index (χ3v) is 2.19. The van der Waals surface area contributed by atoms with Gasteiger partial charge in [0.15, 0.2) is 0 Å². The Morgan fingerprint density at radius 1 is 1.18 bits per heavy atom. The van der Waals surface area contributed by atoms with Crippen LogP contribution in [0, 0.1) is 0 Å². The number of nitrogens with zero attached hydrogens (tertiary/aromatic N) is 1. The molecule has 1 heterocycles. The second-order valence-corrected chi connectivity index (χ2v) is 3.43. The van der Waals surface area contributed by atoms with Gasteiger partial charge in [-0.05, 0) is 24.3 Å². The normalized spacial score (nSPS) is 11.7. The molecule has 90 valence electrons. The van der Waals surface area contributed by atoms with E-state index in [1.165, 1.54) is 12.1 Å². The minimum Gasteiger partial charge on any atom is -0.384 e. The van der Waals surface area contributed by atoms with Crippen LogP contribution in [-0.2, 0) is 6.18 Å². The van der Waals surface area contributed by atoms with Gasteiger partial charge in [0, 0.05) is 6.07 Å². The number of hydrogen-bond donors (Lipinski definition) is 2. The summed E-state index contributed by atoms with van der Waals surface area (Å²) in [5.74, 6) is 0.148. The van der Waals surface area contributed by atoms with Crippen LogP contribution in [0.2, 0.25) is 0 Å². The average molecular weight is 243 g/mol. The Labute approximate surface area is 93.5 Å². The SMILES string of the molecule is Nc1cc(=O)n(-c2ccc(C(F)(F)F)cc2)[nH]1. The van der Waals surface area contributed by atoms with Gasteiger partial charge in [-0.25, -0.2) is 4.68 Å². The number of hydrogen-bond acceptors (Lipinski definition) is 2. The summed E-state index contributed by atoms with van der Waals surface area (Å²) in [5, 5.41) is 2.52. The van der Waals surface area contributed by atoms with Crippen molar-refractivity contribution in [3.05, 3.63) is 46.2 Å². The molecule has 0 fully saturated rings. The van der Waals surface area contributed by atoms with Gasteiger partial charge in [-0.15, -0.1) is 0 Å². The molecule has 1 aromatic heterocycles. The van der Waals surface area contributed by atoms with Crippen LogP contribution in [0.3, 0.4) is 0 Å². The number of aromatic amines is 1. The van der Waals surface area contributed by atoms with Gasteiger partial charge in [0.05, 0.1) is 11.3 Å². The number of nitrogens with one attached hydrogen (secondary N) is 1. The van der Waals surface area contributed by atoms with E-state index in [4.69, 9.17) is 5.73 Å². The van der Waals surface area contributed by atoms with Crippen molar-refractivity contribution >= 4 is 5.82 Å². The number of benzene rings is 1. The lowest BCUT2D eigenvalue weighted by atomic mass is 10.2. The third kappa shape index (κ3) is 2.17. The number of rotatable bonds is 1. The van der Waals surface area contributed by atoms with Crippen molar-refractivity contribution in [2.75, 3.05) is 5.73 Å². The maximum Gasteiger partial charge on any atom is 0.416 e. The van der Waals surface area contributed by atoms with Crippen molar-refractivity contribution in [3.63, 3.8) is 0 Å². The van der Waals surface area contributed by atoms with Crippen molar-refractivity contribution in [3.8, 4) is 5.69 Å². The summed E-state index contributed by atoms with van der Waals surface area (Å²) in [6.45, 7) is 0.